The van der Waals surface area contributed by atoms with Gasteiger partial charge >= 0.3 is 12.6 Å². The Hall–Kier alpha value is -2.84. The smallest absolute Gasteiger partial charge is 0.387 e. The zero-order chi connectivity index (χ0) is 30.7. The van der Waals surface area contributed by atoms with Crippen LogP contribution in [0.4, 0.5) is 14.5 Å². The first-order chi connectivity index (χ1) is 20.5. The number of carbonyl (C=O) groups excluding carboxylic acids is 1. The van der Waals surface area contributed by atoms with E-state index >= 15 is 0 Å². The summed E-state index contributed by atoms with van der Waals surface area (Å²) in [6.07, 6.45) is 3.64. The highest BCUT2D eigenvalue weighted by Crippen LogP contribution is 2.39. The van der Waals surface area contributed by atoms with Crippen LogP contribution in [0.3, 0.4) is 0 Å². The SMILES string of the molecule is Nc1ccc(S(=O)(=O)N2CCS[C@H]2C(=O)OC(Cc2c(Cl)cncc2Cl)c2ccc(OC(F)F)c(OCC3CC3)c2)cc1. The van der Waals surface area contributed by atoms with Gasteiger partial charge < -0.3 is 19.9 Å². The number of nitrogen functional groups attached to an aromatic ring is 1. The molecule has 0 spiro atoms. The van der Waals surface area contributed by atoms with Crippen LogP contribution >= 0.6 is 35.0 Å². The van der Waals surface area contributed by atoms with E-state index in [0.717, 1.165) is 28.9 Å². The molecule has 15 heteroatoms. The standard InChI is InChI=1S/C28H27Cl2F2N3O6S2/c29-21-13-34-14-22(30)20(21)12-24(17-3-8-23(41-28(31)32)25(11-17)39-15-16-1-2-16)40-27(36)26-35(9-10-42-26)43(37,38)19-6-4-18(33)5-7-19/h3-8,11,13-14,16,24,26,28H,1-2,9-10,12,15,33H2/t24?,26-/m0/s1. The average molecular weight is 675 g/mol. The number of hydrogen-bond donors (Lipinski definition) is 1. The first kappa shape index (κ1) is 31.6. The highest BCUT2D eigenvalue weighted by molar-refractivity contribution is 8.02. The molecule has 0 bridgehead atoms. The number of sulfonamides is 1. The zero-order valence-electron chi connectivity index (χ0n) is 22.5. The predicted octanol–water partition coefficient (Wildman–Crippen LogP) is 5.95. The van der Waals surface area contributed by atoms with Crippen molar-refractivity contribution in [1.29, 1.82) is 0 Å². The van der Waals surface area contributed by atoms with Crippen LogP contribution in [-0.4, -0.2) is 54.6 Å². The molecule has 2 aliphatic rings. The van der Waals surface area contributed by atoms with E-state index in [9.17, 15) is 22.0 Å². The third-order valence-corrected chi connectivity index (χ3v) is 10.7. The van der Waals surface area contributed by atoms with Crippen molar-refractivity contribution in [2.75, 3.05) is 24.6 Å². The largest absolute Gasteiger partial charge is 0.489 e. The number of thioether (sulfide) groups is 1. The van der Waals surface area contributed by atoms with Gasteiger partial charge in [0.05, 0.1) is 21.5 Å². The molecule has 5 rings (SSSR count). The molecule has 9 nitrogen and oxygen atoms in total. The van der Waals surface area contributed by atoms with Crippen molar-refractivity contribution < 1.29 is 36.2 Å². The minimum absolute atomic E-state index is 0.0130. The fourth-order valence-corrected chi connectivity index (χ4v) is 8.00. The number of alkyl halides is 2. The summed E-state index contributed by atoms with van der Waals surface area (Å²) in [5.74, 6) is -0.253. The molecule has 3 aromatic rings. The van der Waals surface area contributed by atoms with Crippen LogP contribution < -0.4 is 15.2 Å². The van der Waals surface area contributed by atoms with E-state index in [-0.39, 0.29) is 39.4 Å². The lowest BCUT2D eigenvalue weighted by Crippen LogP contribution is -2.40. The number of esters is 1. The van der Waals surface area contributed by atoms with Crippen molar-refractivity contribution in [3.63, 3.8) is 0 Å². The van der Waals surface area contributed by atoms with Crippen molar-refractivity contribution in [1.82, 2.24) is 9.29 Å². The summed E-state index contributed by atoms with van der Waals surface area (Å²) in [4.78, 5) is 17.6. The number of halogens is 4. The van der Waals surface area contributed by atoms with Crippen LogP contribution in [0.15, 0.2) is 59.8 Å². The minimum atomic E-state index is -4.06. The van der Waals surface area contributed by atoms with Crippen LogP contribution in [0.25, 0.3) is 0 Å². The number of benzene rings is 2. The van der Waals surface area contributed by atoms with Gasteiger partial charge in [-0.2, -0.15) is 13.1 Å². The van der Waals surface area contributed by atoms with Crippen molar-refractivity contribution in [2.24, 2.45) is 5.92 Å². The first-order valence-electron chi connectivity index (χ1n) is 13.2. The molecular weight excluding hydrogens is 647 g/mol. The summed E-state index contributed by atoms with van der Waals surface area (Å²) < 4.78 is 70.6. The second-order valence-corrected chi connectivity index (χ2v) is 13.9. The molecule has 1 saturated carbocycles. The Morgan fingerprint density at radius 2 is 1.79 bits per heavy atom. The Labute approximate surface area is 261 Å². The zero-order valence-corrected chi connectivity index (χ0v) is 25.6. The molecule has 2 heterocycles. The highest BCUT2D eigenvalue weighted by atomic mass is 35.5. The Morgan fingerprint density at radius 3 is 2.44 bits per heavy atom. The maximum absolute atomic E-state index is 13.6. The van der Waals surface area contributed by atoms with Crippen molar-refractivity contribution in [2.45, 2.75) is 42.2 Å². The number of nitrogens with two attached hydrogens (primary N) is 1. The molecule has 2 fully saturated rings. The molecule has 2 atom stereocenters. The first-order valence-corrected chi connectivity index (χ1v) is 16.5. The lowest BCUT2D eigenvalue weighted by Gasteiger charge is -2.26. The second-order valence-electron chi connectivity index (χ2n) is 9.96. The van der Waals surface area contributed by atoms with E-state index in [1.165, 1.54) is 54.9 Å². The number of carbonyl (C=O) groups is 1. The third kappa shape index (κ3) is 7.63. The minimum Gasteiger partial charge on any atom is -0.489 e. The number of hydrogen-bond acceptors (Lipinski definition) is 9. The van der Waals surface area contributed by atoms with Gasteiger partial charge in [-0.3, -0.25) is 4.98 Å². The average Bonchev–Trinajstić information content (AvgIpc) is 3.65. The molecule has 1 unspecified atom stereocenters. The van der Waals surface area contributed by atoms with Crippen LogP contribution in [-0.2, 0) is 26.0 Å². The van der Waals surface area contributed by atoms with E-state index < -0.39 is 34.1 Å². The molecule has 0 amide bonds. The molecule has 2 N–H and O–H groups in total. The molecule has 230 valence electrons. The number of nitrogens with zero attached hydrogens (tertiary/aromatic N) is 2. The van der Waals surface area contributed by atoms with Gasteiger partial charge in [0, 0.05) is 36.8 Å². The van der Waals surface area contributed by atoms with Gasteiger partial charge in [0.25, 0.3) is 0 Å². The highest BCUT2D eigenvalue weighted by Gasteiger charge is 2.42. The number of anilines is 1. The summed E-state index contributed by atoms with van der Waals surface area (Å²) in [6, 6.07) is 9.91. The normalized spacial score (nSPS) is 18.0. The van der Waals surface area contributed by atoms with Gasteiger partial charge in [0.1, 0.15) is 6.10 Å². The van der Waals surface area contributed by atoms with E-state index in [4.69, 9.17) is 38.4 Å². The monoisotopic (exact) mass is 673 g/mol. The van der Waals surface area contributed by atoms with Crippen molar-refractivity contribution in [3.05, 3.63) is 76.0 Å². The molecule has 1 aromatic heterocycles. The number of aromatic nitrogens is 1. The predicted molar refractivity (Wildman–Crippen MR) is 159 cm³/mol. The van der Waals surface area contributed by atoms with Crippen LogP contribution in [0.5, 0.6) is 11.5 Å². The summed E-state index contributed by atoms with van der Waals surface area (Å²) in [5, 5.41) is -0.737. The lowest BCUT2D eigenvalue weighted by molar-refractivity contribution is -0.150. The topological polar surface area (TPSA) is 121 Å². The van der Waals surface area contributed by atoms with Gasteiger partial charge in [0.15, 0.2) is 16.9 Å². The third-order valence-electron chi connectivity index (χ3n) is 6.86. The van der Waals surface area contributed by atoms with E-state index in [1.54, 1.807) is 0 Å². The van der Waals surface area contributed by atoms with E-state index in [2.05, 4.69) is 9.72 Å². The van der Waals surface area contributed by atoms with Gasteiger partial charge in [-0.05, 0) is 66.3 Å². The Morgan fingerprint density at radius 1 is 1.09 bits per heavy atom. The van der Waals surface area contributed by atoms with Crippen LogP contribution in [0.2, 0.25) is 10.0 Å². The van der Waals surface area contributed by atoms with Crippen molar-refractivity contribution in [3.8, 4) is 11.5 Å². The molecule has 2 aromatic carbocycles. The maximum Gasteiger partial charge on any atom is 0.387 e. The second kappa shape index (κ2) is 13.4. The molecule has 1 saturated heterocycles. The fourth-order valence-electron chi connectivity index (χ4n) is 4.43. The van der Waals surface area contributed by atoms with E-state index in [1.807, 2.05) is 0 Å². The van der Waals surface area contributed by atoms with Crippen molar-refractivity contribution >= 4 is 56.6 Å². The summed E-state index contributed by atoms with van der Waals surface area (Å²) in [6.45, 7) is -2.68. The van der Waals surface area contributed by atoms with Gasteiger partial charge in [0.2, 0.25) is 10.0 Å². The molecule has 1 aliphatic heterocycles. The van der Waals surface area contributed by atoms with Gasteiger partial charge in [-0.1, -0.05) is 29.3 Å². The van der Waals surface area contributed by atoms with Crippen LogP contribution in [0, 0.1) is 5.92 Å². The fraction of sp³-hybridized carbons (Fsp3) is 0.357. The molecule has 43 heavy (non-hydrogen) atoms. The molecule has 1 aliphatic carbocycles. The number of pyridine rings is 1. The summed E-state index contributed by atoms with van der Waals surface area (Å²) in [5.41, 5.74) is 6.91. The van der Waals surface area contributed by atoms with E-state index in [0.29, 0.717) is 35.1 Å². The number of ether oxygens (including phenoxy) is 3. The summed E-state index contributed by atoms with van der Waals surface area (Å²) >= 11 is 13.9. The van der Waals surface area contributed by atoms with Gasteiger partial charge in [-0.25, -0.2) is 13.2 Å². The quantitative estimate of drug-likeness (QED) is 0.184. The Balaban J connectivity index is 1.46. The number of rotatable bonds is 12. The summed E-state index contributed by atoms with van der Waals surface area (Å²) in [7, 11) is -4.06. The molecular formula is C28H27Cl2F2N3O6S2. The maximum atomic E-state index is 13.6. The Bertz CT molecular complexity index is 1560. The molecule has 0 radical (unpaired) electrons. The lowest BCUT2D eigenvalue weighted by atomic mass is 10.0. The van der Waals surface area contributed by atoms with Crippen LogP contribution in [0.1, 0.15) is 30.1 Å². The Kier molecular flexibility index (Phi) is 9.86. The van der Waals surface area contributed by atoms with Gasteiger partial charge in [-0.15, -0.1) is 11.8 Å².